The van der Waals surface area contributed by atoms with Crippen LogP contribution in [-0.4, -0.2) is 50.3 Å². The van der Waals surface area contributed by atoms with Gasteiger partial charge in [-0.1, -0.05) is 0 Å². The monoisotopic (exact) mass is 384 g/mol. The molecule has 0 bridgehead atoms. The number of carbonyl (C=O) groups is 2. The summed E-state index contributed by atoms with van der Waals surface area (Å²) in [7, 11) is 0. The summed E-state index contributed by atoms with van der Waals surface area (Å²) in [5, 5.41) is 0. The predicted octanol–water partition coefficient (Wildman–Crippen LogP) is 1.44. The van der Waals surface area contributed by atoms with Crippen LogP contribution in [0, 0.1) is 0 Å². The van der Waals surface area contributed by atoms with E-state index in [0.29, 0.717) is 50.3 Å². The molecule has 0 aromatic carbocycles. The van der Waals surface area contributed by atoms with Gasteiger partial charge < -0.3 is 14.2 Å². The molecule has 2 aliphatic heterocycles. The number of carbonyl (C=O) groups excluding carboxylic acids is 2. The van der Waals surface area contributed by atoms with Crippen molar-refractivity contribution in [2.45, 2.75) is 51.7 Å². The summed E-state index contributed by atoms with van der Waals surface area (Å²) >= 11 is 0. The number of aryl methyl sites for hydroxylation is 1. The molecule has 8 heteroatoms. The van der Waals surface area contributed by atoms with Gasteiger partial charge in [0.05, 0.1) is 24.8 Å². The van der Waals surface area contributed by atoms with Crippen LogP contribution in [0.25, 0.3) is 0 Å². The van der Waals surface area contributed by atoms with Crippen LogP contribution in [0.4, 0.5) is 0 Å². The molecule has 0 saturated carbocycles. The molecule has 0 radical (unpaired) electrons. The second kappa shape index (κ2) is 7.61. The summed E-state index contributed by atoms with van der Waals surface area (Å²) in [5.41, 5.74) is 1.33. The highest BCUT2D eigenvalue weighted by molar-refractivity contribution is 5.95. The van der Waals surface area contributed by atoms with Gasteiger partial charge in [-0.3, -0.25) is 19.0 Å². The number of hydrogen-bond donors (Lipinski definition) is 0. The van der Waals surface area contributed by atoms with Gasteiger partial charge in [0.15, 0.2) is 5.76 Å². The molecule has 8 nitrogen and oxygen atoms in total. The number of nitrogens with zero attached hydrogens (tertiary/aromatic N) is 4. The van der Waals surface area contributed by atoms with E-state index in [-0.39, 0.29) is 23.1 Å². The minimum atomic E-state index is -0.496. The fraction of sp³-hybridized carbons (Fsp3) is 0.500. The van der Waals surface area contributed by atoms with Crippen molar-refractivity contribution >= 4 is 11.8 Å². The number of amides is 2. The maximum atomic E-state index is 13.2. The van der Waals surface area contributed by atoms with E-state index in [4.69, 9.17) is 4.42 Å². The van der Waals surface area contributed by atoms with Gasteiger partial charge in [0, 0.05) is 25.2 Å². The van der Waals surface area contributed by atoms with Gasteiger partial charge in [-0.05, 0) is 44.7 Å². The van der Waals surface area contributed by atoms with Gasteiger partial charge >= 0.3 is 0 Å². The largest absolute Gasteiger partial charge is 0.459 e. The second-order valence-corrected chi connectivity index (χ2v) is 7.26. The van der Waals surface area contributed by atoms with Crippen molar-refractivity contribution < 1.29 is 14.0 Å². The lowest BCUT2D eigenvalue weighted by molar-refractivity contribution is -0.138. The summed E-state index contributed by atoms with van der Waals surface area (Å²) in [4.78, 5) is 46.2. The summed E-state index contributed by atoms with van der Waals surface area (Å²) in [6, 6.07) is 2.80. The molecule has 1 unspecified atom stereocenters. The molecule has 2 aromatic rings. The fourth-order valence-electron chi connectivity index (χ4n) is 4.06. The van der Waals surface area contributed by atoms with E-state index in [2.05, 4.69) is 4.98 Å². The first-order valence-corrected chi connectivity index (χ1v) is 9.80. The minimum Gasteiger partial charge on any atom is -0.459 e. The third-order valence-electron chi connectivity index (χ3n) is 5.63. The van der Waals surface area contributed by atoms with E-state index < -0.39 is 6.04 Å². The third-order valence-corrected chi connectivity index (χ3v) is 5.63. The molecule has 4 rings (SSSR count). The first kappa shape index (κ1) is 18.5. The second-order valence-electron chi connectivity index (χ2n) is 7.26. The van der Waals surface area contributed by atoms with Crippen molar-refractivity contribution in [2.24, 2.45) is 0 Å². The van der Waals surface area contributed by atoms with E-state index in [1.165, 1.54) is 6.26 Å². The molecular weight excluding hydrogens is 360 g/mol. The van der Waals surface area contributed by atoms with Crippen LogP contribution in [-0.2, 0) is 24.3 Å². The topological polar surface area (TPSA) is 88.7 Å². The van der Waals surface area contributed by atoms with Gasteiger partial charge in [0.2, 0.25) is 5.91 Å². The summed E-state index contributed by atoms with van der Waals surface area (Å²) in [6.07, 6.45) is 5.91. The maximum Gasteiger partial charge on any atom is 0.290 e. The van der Waals surface area contributed by atoms with E-state index in [1.807, 2.05) is 6.92 Å². The number of furan rings is 1. The third kappa shape index (κ3) is 3.23. The average molecular weight is 384 g/mol. The molecule has 1 atom stereocenters. The van der Waals surface area contributed by atoms with Gasteiger partial charge in [0.1, 0.15) is 6.04 Å². The van der Waals surface area contributed by atoms with Crippen molar-refractivity contribution in [3.05, 3.63) is 52.1 Å². The number of aromatic nitrogens is 2. The van der Waals surface area contributed by atoms with Crippen LogP contribution < -0.4 is 5.56 Å². The Bertz CT molecular complexity index is 934. The summed E-state index contributed by atoms with van der Waals surface area (Å²) < 4.78 is 6.82. The maximum absolute atomic E-state index is 13.2. The predicted molar refractivity (Wildman–Crippen MR) is 101 cm³/mol. The van der Waals surface area contributed by atoms with Gasteiger partial charge in [-0.15, -0.1) is 0 Å². The van der Waals surface area contributed by atoms with Gasteiger partial charge in [-0.2, -0.15) is 0 Å². The standard InChI is InChI=1S/C20H24N4O4/c1-2-22-13-21-15-12-23(10-8-14(15)18(22)25)19(26)16-6-3-4-9-24(16)20(27)17-7-5-11-28-17/h5,7,11,13,16H,2-4,6,8-10,12H2,1H3. The lowest BCUT2D eigenvalue weighted by Crippen LogP contribution is -2.54. The summed E-state index contributed by atoms with van der Waals surface area (Å²) in [6.45, 7) is 3.80. The number of hydrogen-bond acceptors (Lipinski definition) is 5. The van der Waals surface area contributed by atoms with Crippen molar-refractivity contribution in [1.82, 2.24) is 19.4 Å². The first-order chi connectivity index (χ1) is 13.6. The fourth-order valence-corrected chi connectivity index (χ4v) is 4.06. The molecule has 0 aliphatic carbocycles. The summed E-state index contributed by atoms with van der Waals surface area (Å²) in [5.74, 6) is -0.0679. The molecule has 1 saturated heterocycles. The number of rotatable bonds is 3. The Balaban J connectivity index is 1.54. The SMILES string of the molecule is CCn1cnc2c(c1=O)CCN(C(=O)C1CCCCN1C(=O)c1ccco1)C2. The Morgan fingerprint density at radius 1 is 1.29 bits per heavy atom. The van der Waals surface area contributed by atoms with Crippen LogP contribution in [0.15, 0.2) is 33.9 Å². The zero-order valence-electron chi connectivity index (χ0n) is 16.0. The minimum absolute atomic E-state index is 0.0214. The number of fused-ring (bicyclic) bond motifs is 1. The molecule has 2 amide bonds. The van der Waals surface area contributed by atoms with Crippen molar-refractivity contribution in [2.75, 3.05) is 13.1 Å². The molecule has 0 N–H and O–H groups in total. The molecule has 4 heterocycles. The van der Waals surface area contributed by atoms with Crippen molar-refractivity contribution in [1.29, 1.82) is 0 Å². The highest BCUT2D eigenvalue weighted by atomic mass is 16.3. The van der Waals surface area contributed by atoms with E-state index in [0.717, 1.165) is 12.8 Å². The van der Waals surface area contributed by atoms with E-state index in [1.54, 1.807) is 32.8 Å². The average Bonchev–Trinajstić information content (AvgIpc) is 3.27. The van der Waals surface area contributed by atoms with Crippen LogP contribution in [0.5, 0.6) is 0 Å². The molecule has 2 aromatic heterocycles. The highest BCUT2D eigenvalue weighted by Crippen LogP contribution is 2.24. The molecule has 2 aliphatic rings. The Kier molecular flexibility index (Phi) is 5.02. The lowest BCUT2D eigenvalue weighted by Gasteiger charge is -2.38. The number of likely N-dealkylation sites (tertiary alicyclic amines) is 1. The van der Waals surface area contributed by atoms with Crippen LogP contribution in [0.2, 0.25) is 0 Å². The molecule has 1 fully saturated rings. The van der Waals surface area contributed by atoms with Crippen LogP contribution in [0.3, 0.4) is 0 Å². The van der Waals surface area contributed by atoms with Crippen LogP contribution in [0.1, 0.15) is 48.0 Å². The van der Waals surface area contributed by atoms with Gasteiger partial charge in [-0.25, -0.2) is 4.98 Å². The van der Waals surface area contributed by atoms with E-state index in [9.17, 15) is 14.4 Å². The zero-order valence-corrected chi connectivity index (χ0v) is 16.0. The molecular formula is C20H24N4O4. The zero-order chi connectivity index (χ0) is 19.7. The Labute approximate surface area is 162 Å². The quantitative estimate of drug-likeness (QED) is 0.799. The van der Waals surface area contributed by atoms with Crippen molar-refractivity contribution in [3.8, 4) is 0 Å². The molecule has 0 spiro atoms. The Morgan fingerprint density at radius 3 is 2.89 bits per heavy atom. The Hall–Kier alpha value is -2.90. The lowest BCUT2D eigenvalue weighted by atomic mass is 9.98. The van der Waals surface area contributed by atoms with Crippen LogP contribution >= 0.6 is 0 Å². The smallest absolute Gasteiger partial charge is 0.290 e. The number of piperidine rings is 1. The van der Waals surface area contributed by atoms with Gasteiger partial charge in [0.25, 0.3) is 11.5 Å². The first-order valence-electron chi connectivity index (χ1n) is 9.80. The van der Waals surface area contributed by atoms with Crippen molar-refractivity contribution in [3.63, 3.8) is 0 Å². The normalized spacial score (nSPS) is 19.4. The molecule has 28 heavy (non-hydrogen) atoms. The van der Waals surface area contributed by atoms with E-state index >= 15 is 0 Å². The molecule has 148 valence electrons. The highest BCUT2D eigenvalue weighted by Gasteiger charge is 2.37. The Morgan fingerprint density at radius 2 is 2.14 bits per heavy atom.